The normalized spacial score (nSPS) is 29.3. The second kappa shape index (κ2) is 4.27. The average Bonchev–Trinajstić information content (AvgIpc) is 2.17. The van der Waals surface area contributed by atoms with Crippen molar-refractivity contribution in [3.8, 4) is 6.07 Å². The van der Waals surface area contributed by atoms with Crippen LogP contribution < -0.4 is 0 Å². The van der Waals surface area contributed by atoms with Crippen LogP contribution in [0.25, 0.3) is 0 Å². The van der Waals surface area contributed by atoms with Crippen molar-refractivity contribution < 1.29 is 4.74 Å². The van der Waals surface area contributed by atoms with Crippen molar-refractivity contribution in [2.75, 3.05) is 7.11 Å². The second-order valence-electron chi connectivity index (χ2n) is 3.35. The van der Waals surface area contributed by atoms with Crippen molar-refractivity contribution in [3.63, 3.8) is 0 Å². The molecule has 0 aromatic carbocycles. The average molecular weight is 165 g/mol. The molecule has 0 radical (unpaired) electrons. The van der Waals surface area contributed by atoms with Gasteiger partial charge in [-0.05, 0) is 31.6 Å². The highest BCUT2D eigenvalue weighted by molar-refractivity contribution is 5.19. The lowest BCUT2D eigenvalue weighted by Gasteiger charge is -2.26. The van der Waals surface area contributed by atoms with Crippen molar-refractivity contribution in [2.45, 2.75) is 31.8 Å². The molecule has 0 amide bonds. The van der Waals surface area contributed by atoms with Crippen molar-refractivity contribution in [3.05, 3.63) is 12.2 Å². The molecule has 1 rings (SSSR count). The van der Waals surface area contributed by atoms with Gasteiger partial charge < -0.3 is 4.74 Å². The van der Waals surface area contributed by atoms with Crippen LogP contribution in [0.2, 0.25) is 0 Å². The fourth-order valence-corrected chi connectivity index (χ4v) is 1.74. The minimum atomic E-state index is 0.410. The topological polar surface area (TPSA) is 33.0 Å². The summed E-state index contributed by atoms with van der Waals surface area (Å²) in [7, 11) is 1.75. The van der Waals surface area contributed by atoms with E-state index in [1.165, 1.54) is 0 Å². The standard InChI is InChI=1S/C10H15NO/c1-8(7-11)9-3-5-10(12-2)6-4-9/h9-10H,1,3-6H2,2H3. The Morgan fingerprint density at radius 2 is 2.00 bits per heavy atom. The van der Waals surface area contributed by atoms with E-state index in [0.717, 1.165) is 31.3 Å². The van der Waals surface area contributed by atoms with Crippen LogP contribution in [0.15, 0.2) is 12.2 Å². The van der Waals surface area contributed by atoms with Gasteiger partial charge in [0.15, 0.2) is 0 Å². The Labute approximate surface area is 73.8 Å². The second-order valence-corrected chi connectivity index (χ2v) is 3.35. The van der Waals surface area contributed by atoms with Crippen molar-refractivity contribution in [2.24, 2.45) is 5.92 Å². The SMILES string of the molecule is C=C(C#N)C1CCC(OC)CC1. The smallest absolute Gasteiger partial charge is 0.0943 e. The Hall–Kier alpha value is -0.810. The van der Waals surface area contributed by atoms with Gasteiger partial charge in [0.05, 0.1) is 12.2 Å². The third-order valence-corrected chi connectivity index (χ3v) is 2.64. The van der Waals surface area contributed by atoms with Crippen LogP contribution in [0, 0.1) is 17.2 Å². The van der Waals surface area contributed by atoms with Crippen LogP contribution in [-0.2, 0) is 4.74 Å². The summed E-state index contributed by atoms with van der Waals surface area (Å²) in [4.78, 5) is 0. The lowest BCUT2D eigenvalue weighted by atomic mass is 9.83. The Kier molecular flexibility index (Phi) is 3.31. The van der Waals surface area contributed by atoms with Gasteiger partial charge in [-0.2, -0.15) is 5.26 Å². The van der Waals surface area contributed by atoms with E-state index in [9.17, 15) is 0 Å². The van der Waals surface area contributed by atoms with E-state index in [2.05, 4.69) is 12.6 Å². The molecular formula is C10H15NO. The zero-order valence-electron chi connectivity index (χ0n) is 7.55. The monoisotopic (exact) mass is 165 g/mol. The molecule has 0 aliphatic heterocycles. The van der Waals surface area contributed by atoms with Crippen LogP contribution in [0.4, 0.5) is 0 Å². The first-order valence-corrected chi connectivity index (χ1v) is 4.39. The van der Waals surface area contributed by atoms with Crippen molar-refractivity contribution >= 4 is 0 Å². The van der Waals surface area contributed by atoms with Gasteiger partial charge in [-0.15, -0.1) is 0 Å². The predicted molar refractivity (Wildman–Crippen MR) is 47.5 cm³/mol. The van der Waals surface area contributed by atoms with Crippen LogP contribution in [0.1, 0.15) is 25.7 Å². The summed E-state index contributed by atoms with van der Waals surface area (Å²) in [6.45, 7) is 3.75. The molecule has 0 atom stereocenters. The summed E-state index contributed by atoms with van der Waals surface area (Å²) in [5.74, 6) is 0.418. The lowest BCUT2D eigenvalue weighted by molar-refractivity contribution is 0.0619. The molecule has 1 saturated carbocycles. The maximum Gasteiger partial charge on any atom is 0.0943 e. The van der Waals surface area contributed by atoms with Gasteiger partial charge in [0.25, 0.3) is 0 Å². The summed E-state index contributed by atoms with van der Waals surface area (Å²) in [5, 5.41) is 8.63. The highest BCUT2D eigenvalue weighted by Gasteiger charge is 2.22. The van der Waals surface area contributed by atoms with Crippen LogP contribution in [0.5, 0.6) is 0 Å². The molecule has 0 unspecified atom stereocenters. The van der Waals surface area contributed by atoms with Gasteiger partial charge >= 0.3 is 0 Å². The third-order valence-electron chi connectivity index (χ3n) is 2.64. The van der Waals surface area contributed by atoms with Gasteiger partial charge in [-0.25, -0.2) is 0 Å². The molecule has 0 bridgehead atoms. The largest absolute Gasteiger partial charge is 0.381 e. The predicted octanol–water partition coefficient (Wildman–Crippen LogP) is 2.27. The van der Waals surface area contributed by atoms with E-state index in [0.29, 0.717) is 12.0 Å². The van der Waals surface area contributed by atoms with Gasteiger partial charge in [-0.3, -0.25) is 0 Å². The lowest BCUT2D eigenvalue weighted by Crippen LogP contribution is -2.20. The molecule has 2 nitrogen and oxygen atoms in total. The van der Waals surface area contributed by atoms with E-state index in [1.807, 2.05) is 0 Å². The highest BCUT2D eigenvalue weighted by atomic mass is 16.5. The molecule has 0 spiro atoms. The maximum atomic E-state index is 8.63. The van der Waals surface area contributed by atoms with Crippen molar-refractivity contribution in [1.29, 1.82) is 5.26 Å². The minimum absolute atomic E-state index is 0.410. The molecule has 1 aliphatic rings. The summed E-state index contributed by atoms with van der Waals surface area (Å²) < 4.78 is 5.24. The van der Waals surface area contributed by atoms with Crippen LogP contribution in [0.3, 0.4) is 0 Å². The molecule has 1 fully saturated rings. The number of hydrogen-bond acceptors (Lipinski definition) is 2. The summed E-state index contributed by atoms with van der Waals surface area (Å²) in [6.07, 6.45) is 4.67. The third kappa shape index (κ3) is 2.09. The number of nitrogens with zero attached hydrogens (tertiary/aromatic N) is 1. The van der Waals surface area contributed by atoms with E-state index in [1.54, 1.807) is 7.11 Å². The quantitative estimate of drug-likeness (QED) is 0.588. The minimum Gasteiger partial charge on any atom is -0.381 e. The Morgan fingerprint density at radius 1 is 1.42 bits per heavy atom. The number of rotatable bonds is 2. The van der Waals surface area contributed by atoms with E-state index in [4.69, 9.17) is 10.00 Å². The Morgan fingerprint density at radius 3 is 2.42 bits per heavy atom. The first-order chi connectivity index (χ1) is 5.77. The summed E-state index contributed by atoms with van der Waals surface area (Å²) in [6, 6.07) is 2.13. The number of ether oxygens (including phenoxy) is 1. The van der Waals surface area contributed by atoms with Crippen molar-refractivity contribution in [1.82, 2.24) is 0 Å². The van der Waals surface area contributed by atoms with Gasteiger partial charge in [0.1, 0.15) is 0 Å². The molecule has 0 saturated heterocycles. The maximum absolute atomic E-state index is 8.63. The summed E-state index contributed by atoms with van der Waals surface area (Å²) >= 11 is 0. The number of allylic oxidation sites excluding steroid dienone is 1. The first-order valence-electron chi connectivity index (χ1n) is 4.39. The Balaban J connectivity index is 2.37. The fourth-order valence-electron chi connectivity index (χ4n) is 1.74. The van der Waals surface area contributed by atoms with Gasteiger partial charge in [0.2, 0.25) is 0 Å². The molecule has 1 aliphatic carbocycles. The molecule has 12 heavy (non-hydrogen) atoms. The highest BCUT2D eigenvalue weighted by Crippen LogP contribution is 2.29. The van der Waals surface area contributed by atoms with Crippen LogP contribution >= 0.6 is 0 Å². The van der Waals surface area contributed by atoms with Gasteiger partial charge in [-0.1, -0.05) is 6.58 Å². The van der Waals surface area contributed by atoms with Gasteiger partial charge in [0, 0.05) is 12.7 Å². The Bertz CT molecular complexity index is 196. The van der Waals surface area contributed by atoms with E-state index < -0.39 is 0 Å². The number of hydrogen-bond donors (Lipinski definition) is 0. The molecule has 2 heteroatoms. The van der Waals surface area contributed by atoms with E-state index >= 15 is 0 Å². The molecule has 0 N–H and O–H groups in total. The zero-order valence-corrected chi connectivity index (χ0v) is 7.55. The molecular weight excluding hydrogens is 150 g/mol. The number of nitriles is 1. The van der Waals surface area contributed by atoms with Crippen LogP contribution in [-0.4, -0.2) is 13.2 Å². The number of methoxy groups -OCH3 is 1. The van der Waals surface area contributed by atoms with E-state index in [-0.39, 0.29) is 0 Å². The molecule has 0 heterocycles. The molecule has 66 valence electrons. The molecule has 0 aromatic rings. The summed E-state index contributed by atoms with van der Waals surface area (Å²) in [5.41, 5.74) is 0.740. The first kappa shape index (κ1) is 9.28. The molecule has 0 aromatic heterocycles. The fraction of sp³-hybridized carbons (Fsp3) is 0.700. The zero-order chi connectivity index (χ0) is 8.97.